The molecule has 0 aliphatic carbocycles. The van der Waals surface area contributed by atoms with Gasteiger partial charge in [0.25, 0.3) is 5.91 Å². The number of carbonyl (C=O) groups excluding carboxylic acids is 1. The molecular formula is C22H26ClFN2O3. The molecule has 5 nitrogen and oxygen atoms in total. The molecule has 0 spiro atoms. The van der Waals surface area contributed by atoms with Gasteiger partial charge in [-0.25, -0.2) is 4.39 Å². The van der Waals surface area contributed by atoms with E-state index in [2.05, 4.69) is 11.8 Å². The van der Waals surface area contributed by atoms with E-state index in [1.165, 1.54) is 19.2 Å². The van der Waals surface area contributed by atoms with Crippen molar-refractivity contribution < 1.29 is 18.7 Å². The number of rotatable bonds is 6. The summed E-state index contributed by atoms with van der Waals surface area (Å²) in [6.07, 6.45) is 0. The van der Waals surface area contributed by atoms with Crippen molar-refractivity contribution in [3.8, 4) is 11.5 Å². The van der Waals surface area contributed by atoms with Gasteiger partial charge in [-0.05, 0) is 43.7 Å². The standard InChI is InChI=1S/C22H26ClFN2O3/c1-15-12-26(16(2)11-25(15)13-17-4-7-19(24)8-5-17)22(27)14-29-20-9-6-18(23)10-21(20)28-3/h4-10,15-16H,11-14H2,1-3H3/t15-,16+/m0/s1. The summed E-state index contributed by atoms with van der Waals surface area (Å²) in [5.74, 6) is 0.683. The van der Waals surface area contributed by atoms with Gasteiger partial charge in [-0.15, -0.1) is 0 Å². The summed E-state index contributed by atoms with van der Waals surface area (Å²) < 4.78 is 24.1. The minimum Gasteiger partial charge on any atom is -0.493 e. The highest BCUT2D eigenvalue weighted by molar-refractivity contribution is 6.30. The van der Waals surface area contributed by atoms with E-state index in [1.807, 2.05) is 11.8 Å². The van der Waals surface area contributed by atoms with Gasteiger partial charge in [-0.2, -0.15) is 0 Å². The fraction of sp³-hybridized carbons (Fsp3) is 0.409. The molecule has 0 aromatic heterocycles. The second-order valence-corrected chi connectivity index (χ2v) is 7.82. The van der Waals surface area contributed by atoms with Crippen LogP contribution in [0.1, 0.15) is 19.4 Å². The average Bonchev–Trinajstić information content (AvgIpc) is 2.70. The predicted octanol–water partition coefficient (Wildman–Crippen LogP) is 3.99. The van der Waals surface area contributed by atoms with E-state index in [0.717, 1.165) is 18.7 Å². The SMILES string of the molecule is COc1cc(Cl)ccc1OCC(=O)N1C[C@H](C)N(Cc2ccc(F)cc2)C[C@H]1C. The van der Waals surface area contributed by atoms with Gasteiger partial charge in [0.05, 0.1) is 7.11 Å². The first-order valence-corrected chi connectivity index (χ1v) is 9.99. The molecule has 2 aromatic carbocycles. The van der Waals surface area contributed by atoms with Gasteiger partial charge in [-0.1, -0.05) is 23.7 Å². The molecule has 1 aliphatic heterocycles. The topological polar surface area (TPSA) is 42.0 Å². The van der Waals surface area contributed by atoms with Crippen LogP contribution in [0.2, 0.25) is 5.02 Å². The van der Waals surface area contributed by atoms with Crippen LogP contribution < -0.4 is 9.47 Å². The Morgan fingerprint density at radius 2 is 1.83 bits per heavy atom. The monoisotopic (exact) mass is 420 g/mol. The highest BCUT2D eigenvalue weighted by Crippen LogP contribution is 2.30. The van der Waals surface area contributed by atoms with Crippen molar-refractivity contribution in [2.75, 3.05) is 26.8 Å². The fourth-order valence-electron chi connectivity index (χ4n) is 3.57. The second-order valence-electron chi connectivity index (χ2n) is 7.38. The predicted molar refractivity (Wildman–Crippen MR) is 111 cm³/mol. The van der Waals surface area contributed by atoms with Crippen LogP contribution in [0.3, 0.4) is 0 Å². The van der Waals surface area contributed by atoms with E-state index in [0.29, 0.717) is 23.1 Å². The van der Waals surface area contributed by atoms with Gasteiger partial charge >= 0.3 is 0 Å². The maximum Gasteiger partial charge on any atom is 0.260 e. The fourth-order valence-corrected chi connectivity index (χ4v) is 3.74. The summed E-state index contributed by atoms with van der Waals surface area (Å²) in [6.45, 7) is 6.15. The van der Waals surface area contributed by atoms with Crippen molar-refractivity contribution in [3.63, 3.8) is 0 Å². The number of hydrogen-bond acceptors (Lipinski definition) is 4. The number of ether oxygens (including phenoxy) is 2. The van der Waals surface area contributed by atoms with Crippen LogP contribution >= 0.6 is 11.6 Å². The molecular weight excluding hydrogens is 395 g/mol. The Balaban J connectivity index is 1.58. The molecule has 0 radical (unpaired) electrons. The molecule has 0 N–H and O–H groups in total. The van der Waals surface area contributed by atoms with Gasteiger partial charge in [0.1, 0.15) is 5.82 Å². The second kappa shape index (κ2) is 9.46. The molecule has 1 fully saturated rings. The van der Waals surface area contributed by atoms with Crippen molar-refractivity contribution in [3.05, 3.63) is 58.9 Å². The van der Waals surface area contributed by atoms with E-state index >= 15 is 0 Å². The third-order valence-corrected chi connectivity index (χ3v) is 5.45. The summed E-state index contributed by atoms with van der Waals surface area (Å²) in [6, 6.07) is 11.8. The van der Waals surface area contributed by atoms with Crippen LogP contribution in [-0.4, -0.2) is 54.6 Å². The first-order valence-electron chi connectivity index (χ1n) is 9.61. The first-order chi connectivity index (χ1) is 13.9. The van der Waals surface area contributed by atoms with Gasteiger partial charge in [-0.3, -0.25) is 9.69 Å². The molecule has 3 rings (SSSR count). The zero-order valence-corrected chi connectivity index (χ0v) is 17.7. The first kappa shape index (κ1) is 21.4. The van der Waals surface area contributed by atoms with E-state index in [9.17, 15) is 9.18 Å². The lowest BCUT2D eigenvalue weighted by atomic mass is 10.1. The van der Waals surface area contributed by atoms with Gasteiger partial charge in [0.15, 0.2) is 18.1 Å². The van der Waals surface area contributed by atoms with Crippen LogP contribution in [0.25, 0.3) is 0 Å². The lowest BCUT2D eigenvalue weighted by Crippen LogP contribution is -2.58. The summed E-state index contributed by atoms with van der Waals surface area (Å²) in [5, 5.41) is 0.542. The number of nitrogens with zero attached hydrogens (tertiary/aromatic N) is 2. The molecule has 1 saturated heterocycles. The number of halogens is 2. The lowest BCUT2D eigenvalue weighted by molar-refractivity contribution is -0.139. The zero-order chi connectivity index (χ0) is 21.0. The van der Waals surface area contributed by atoms with Crippen molar-refractivity contribution in [2.24, 2.45) is 0 Å². The van der Waals surface area contributed by atoms with Gasteiger partial charge < -0.3 is 14.4 Å². The Morgan fingerprint density at radius 3 is 2.52 bits per heavy atom. The molecule has 0 unspecified atom stereocenters. The van der Waals surface area contributed by atoms with E-state index in [1.54, 1.807) is 30.3 Å². The zero-order valence-electron chi connectivity index (χ0n) is 16.9. The van der Waals surface area contributed by atoms with Gasteiger partial charge in [0.2, 0.25) is 0 Å². The average molecular weight is 421 g/mol. The number of methoxy groups -OCH3 is 1. The Labute approximate surface area is 176 Å². The van der Waals surface area contributed by atoms with Crippen molar-refractivity contribution in [1.29, 1.82) is 0 Å². The number of benzene rings is 2. The van der Waals surface area contributed by atoms with Gasteiger partial charge in [0, 0.05) is 42.8 Å². The van der Waals surface area contributed by atoms with E-state index < -0.39 is 0 Å². The largest absolute Gasteiger partial charge is 0.493 e. The number of carbonyl (C=O) groups is 1. The maximum atomic E-state index is 13.1. The minimum absolute atomic E-state index is 0.0508. The van der Waals surface area contributed by atoms with Crippen LogP contribution in [0.15, 0.2) is 42.5 Å². The molecule has 2 aromatic rings. The lowest BCUT2D eigenvalue weighted by Gasteiger charge is -2.44. The van der Waals surface area contributed by atoms with Crippen LogP contribution in [0, 0.1) is 5.82 Å². The van der Waals surface area contributed by atoms with E-state index in [4.69, 9.17) is 21.1 Å². The molecule has 2 atom stereocenters. The third-order valence-electron chi connectivity index (χ3n) is 5.21. The summed E-state index contributed by atoms with van der Waals surface area (Å²) in [5.41, 5.74) is 1.06. The van der Waals surface area contributed by atoms with Crippen molar-refractivity contribution >= 4 is 17.5 Å². The highest BCUT2D eigenvalue weighted by Gasteiger charge is 2.32. The van der Waals surface area contributed by atoms with Crippen molar-refractivity contribution in [1.82, 2.24) is 9.80 Å². The number of hydrogen-bond donors (Lipinski definition) is 0. The Morgan fingerprint density at radius 1 is 1.10 bits per heavy atom. The molecule has 1 aliphatic rings. The molecule has 156 valence electrons. The summed E-state index contributed by atoms with van der Waals surface area (Å²) in [7, 11) is 1.53. The molecule has 29 heavy (non-hydrogen) atoms. The van der Waals surface area contributed by atoms with E-state index in [-0.39, 0.29) is 30.4 Å². The maximum absolute atomic E-state index is 13.1. The number of piperazine rings is 1. The third kappa shape index (κ3) is 5.40. The molecule has 7 heteroatoms. The molecule has 1 amide bonds. The minimum atomic E-state index is -0.233. The Bertz CT molecular complexity index is 846. The Kier molecular flexibility index (Phi) is 6.98. The van der Waals surface area contributed by atoms with Crippen LogP contribution in [0.5, 0.6) is 11.5 Å². The summed E-state index contributed by atoms with van der Waals surface area (Å²) in [4.78, 5) is 16.9. The normalized spacial score (nSPS) is 19.8. The smallest absolute Gasteiger partial charge is 0.260 e. The summed E-state index contributed by atoms with van der Waals surface area (Å²) >= 11 is 5.96. The van der Waals surface area contributed by atoms with Crippen LogP contribution in [0.4, 0.5) is 4.39 Å². The number of amides is 1. The molecule has 1 heterocycles. The Hall–Kier alpha value is -2.31. The quantitative estimate of drug-likeness (QED) is 0.708. The van der Waals surface area contributed by atoms with Crippen LogP contribution in [-0.2, 0) is 11.3 Å². The highest BCUT2D eigenvalue weighted by atomic mass is 35.5. The molecule has 0 saturated carbocycles. The van der Waals surface area contributed by atoms with Crippen molar-refractivity contribution in [2.45, 2.75) is 32.5 Å². The molecule has 0 bridgehead atoms.